The van der Waals surface area contributed by atoms with Crippen molar-refractivity contribution in [1.29, 1.82) is 0 Å². The van der Waals surface area contributed by atoms with Crippen LogP contribution in [0.4, 0.5) is 19.3 Å². The lowest BCUT2D eigenvalue weighted by atomic mass is 9.97. The second kappa shape index (κ2) is 7.06. The van der Waals surface area contributed by atoms with Gasteiger partial charge in [-0.25, -0.2) is 4.79 Å². The van der Waals surface area contributed by atoms with Gasteiger partial charge in [0.1, 0.15) is 5.75 Å². The number of hydrogen-bond acceptors (Lipinski definition) is 3. The number of halogens is 2. The number of nitrogens with zero attached hydrogens (tertiary/aromatic N) is 1. The largest absolute Gasteiger partial charge is 0.481 e. The molecule has 1 aliphatic heterocycles. The number of benzene rings is 1. The average molecular weight is 314 g/mol. The molecule has 1 fully saturated rings. The Kier molecular flexibility index (Phi) is 5.13. The first-order valence-corrected chi connectivity index (χ1v) is 6.79. The summed E-state index contributed by atoms with van der Waals surface area (Å²) in [6.45, 7) is -2.24. The van der Waals surface area contributed by atoms with Crippen molar-refractivity contribution in [2.24, 2.45) is 5.92 Å². The summed E-state index contributed by atoms with van der Waals surface area (Å²) in [5.41, 5.74) is 0.337. The summed E-state index contributed by atoms with van der Waals surface area (Å²) < 4.78 is 28.5. The highest BCUT2D eigenvalue weighted by Crippen LogP contribution is 2.21. The molecule has 2 N–H and O–H groups in total. The normalized spacial score (nSPS) is 15.7. The number of amides is 2. The summed E-state index contributed by atoms with van der Waals surface area (Å²) in [4.78, 5) is 24.4. The van der Waals surface area contributed by atoms with Gasteiger partial charge in [0.05, 0.1) is 5.92 Å². The highest BCUT2D eigenvalue weighted by atomic mass is 19.3. The number of carbonyl (C=O) groups excluding carboxylic acids is 1. The number of carboxylic acid groups (broad SMARTS) is 1. The Morgan fingerprint density at radius 2 is 2.00 bits per heavy atom. The van der Waals surface area contributed by atoms with Crippen LogP contribution in [0.3, 0.4) is 0 Å². The van der Waals surface area contributed by atoms with Gasteiger partial charge in [-0.15, -0.1) is 0 Å². The molecule has 1 saturated heterocycles. The number of likely N-dealkylation sites (tertiary alicyclic amines) is 1. The third kappa shape index (κ3) is 4.31. The average Bonchev–Trinajstić information content (AvgIpc) is 2.47. The first-order valence-electron chi connectivity index (χ1n) is 6.79. The Balaban J connectivity index is 1.91. The summed E-state index contributed by atoms with van der Waals surface area (Å²) in [5, 5.41) is 11.5. The molecule has 0 spiro atoms. The predicted octanol–water partition coefficient (Wildman–Crippen LogP) is 2.62. The molecule has 0 bridgehead atoms. The van der Waals surface area contributed by atoms with Gasteiger partial charge in [0.15, 0.2) is 0 Å². The minimum absolute atomic E-state index is 0.0441. The molecule has 0 radical (unpaired) electrons. The maximum absolute atomic E-state index is 12.1. The number of piperidine rings is 1. The number of hydrogen-bond donors (Lipinski definition) is 2. The molecule has 2 rings (SSSR count). The zero-order chi connectivity index (χ0) is 16.1. The lowest BCUT2D eigenvalue weighted by molar-refractivity contribution is -0.143. The first-order chi connectivity index (χ1) is 10.5. The van der Waals surface area contributed by atoms with Crippen molar-refractivity contribution in [3.05, 3.63) is 24.3 Å². The van der Waals surface area contributed by atoms with Gasteiger partial charge >= 0.3 is 18.6 Å². The van der Waals surface area contributed by atoms with Gasteiger partial charge in [0.2, 0.25) is 0 Å². The fraction of sp³-hybridized carbons (Fsp3) is 0.429. The molecule has 0 atom stereocenters. The Labute approximate surface area is 125 Å². The summed E-state index contributed by atoms with van der Waals surface area (Å²) in [6.07, 6.45) is 0.800. The molecule has 0 aliphatic carbocycles. The van der Waals surface area contributed by atoms with Gasteiger partial charge in [0.25, 0.3) is 0 Å². The van der Waals surface area contributed by atoms with E-state index in [0.29, 0.717) is 31.6 Å². The minimum atomic E-state index is -2.93. The summed E-state index contributed by atoms with van der Waals surface area (Å²) in [6, 6.07) is 5.32. The van der Waals surface area contributed by atoms with E-state index in [1.165, 1.54) is 23.1 Å². The summed E-state index contributed by atoms with van der Waals surface area (Å²) >= 11 is 0. The molecule has 1 heterocycles. The molecule has 1 aromatic carbocycles. The van der Waals surface area contributed by atoms with Gasteiger partial charge in [0, 0.05) is 24.8 Å². The van der Waals surface area contributed by atoms with Crippen LogP contribution in [0.2, 0.25) is 0 Å². The molecule has 120 valence electrons. The number of nitrogens with one attached hydrogen (secondary N) is 1. The molecule has 6 nitrogen and oxygen atoms in total. The van der Waals surface area contributed by atoms with Crippen molar-refractivity contribution in [2.75, 3.05) is 18.4 Å². The van der Waals surface area contributed by atoms with Crippen LogP contribution in [-0.4, -0.2) is 41.7 Å². The summed E-state index contributed by atoms with van der Waals surface area (Å²) in [7, 11) is 0. The van der Waals surface area contributed by atoms with E-state index < -0.39 is 24.5 Å². The van der Waals surface area contributed by atoms with E-state index in [9.17, 15) is 18.4 Å². The third-order valence-electron chi connectivity index (χ3n) is 3.44. The summed E-state index contributed by atoms with van der Waals surface area (Å²) in [5.74, 6) is -1.32. The molecule has 8 heteroatoms. The van der Waals surface area contributed by atoms with Crippen LogP contribution >= 0.6 is 0 Å². The van der Waals surface area contributed by atoms with Gasteiger partial charge in [-0.2, -0.15) is 8.78 Å². The first kappa shape index (κ1) is 16.0. The molecular formula is C14H16F2N2O4. The van der Waals surface area contributed by atoms with Crippen LogP contribution in [0.15, 0.2) is 24.3 Å². The number of carbonyl (C=O) groups is 2. The van der Waals surface area contributed by atoms with E-state index in [1.807, 2.05) is 0 Å². The van der Waals surface area contributed by atoms with Crippen LogP contribution < -0.4 is 10.1 Å². The lowest BCUT2D eigenvalue weighted by Gasteiger charge is -2.30. The van der Waals surface area contributed by atoms with E-state index >= 15 is 0 Å². The Morgan fingerprint density at radius 3 is 2.59 bits per heavy atom. The molecular weight excluding hydrogens is 298 g/mol. The maximum atomic E-state index is 12.1. The topological polar surface area (TPSA) is 78.9 Å². The van der Waals surface area contributed by atoms with Crippen molar-refractivity contribution < 1.29 is 28.2 Å². The number of anilines is 1. The molecule has 0 unspecified atom stereocenters. The van der Waals surface area contributed by atoms with E-state index in [4.69, 9.17) is 5.11 Å². The maximum Gasteiger partial charge on any atom is 0.387 e. The fourth-order valence-electron chi connectivity index (χ4n) is 2.28. The van der Waals surface area contributed by atoms with Crippen LogP contribution in [-0.2, 0) is 4.79 Å². The standard InChI is InChI=1S/C14H16F2N2O4/c15-13(16)22-11-3-1-2-10(8-11)17-14(21)18-6-4-9(5-7-18)12(19)20/h1-3,8-9,13H,4-7H2,(H,17,21)(H,19,20). The molecule has 0 aromatic heterocycles. The molecule has 0 saturated carbocycles. The second-order valence-corrected chi connectivity index (χ2v) is 4.94. The van der Waals surface area contributed by atoms with Gasteiger partial charge < -0.3 is 20.1 Å². The number of rotatable bonds is 4. The number of urea groups is 1. The number of aliphatic carboxylic acids is 1. The van der Waals surface area contributed by atoms with Crippen LogP contribution in [0.25, 0.3) is 0 Å². The van der Waals surface area contributed by atoms with E-state index in [1.54, 1.807) is 6.07 Å². The molecule has 2 amide bonds. The monoisotopic (exact) mass is 314 g/mol. The number of alkyl halides is 2. The Bertz CT molecular complexity index is 545. The van der Waals surface area contributed by atoms with E-state index in [0.717, 1.165) is 0 Å². The predicted molar refractivity (Wildman–Crippen MR) is 74.0 cm³/mol. The third-order valence-corrected chi connectivity index (χ3v) is 3.44. The Hall–Kier alpha value is -2.38. The molecule has 1 aromatic rings. The van der Waals surface area contributed by atoms with Crippen LogP contribution in [0.5, 0.6) is 5.75 Å². The van der Waals surface area contributed by atoms with Gasteiger partial charge in [-0.1, -0.05) is 6.07 Å². The fourth-order valence-corrected chi connectivity index (χ4v) is 2.28. The number of ether oxygens (including phenoxy) is 1. The van der Waals surface area contributed by atoms with Gasteiger partial charge in [-0.3, -0.25) is 4.79 Å². The highest BCUT2D eigenvalue weighted by Gasteiger charge is 2.26. The lowest BCUT2D eigenvalue weighted by Crippen LogP contribution is -2.42. The Morgan fingerprint density at radius 1 is 1.32 bits per heavy atom. The van der Waals surface area contributed by atoms with Crippen LogP contribution in [0, 0.1) is 5.92 Å². The van der Waals surface area contributed by atoms with Crippen LogP contribution in [0.1, 0.15) is 12.8 Å². The zero-order valence-electron chi connectivity index (χ0n) is 11.7. The van der Waals surface area contributed by atoms with Crippen molar-refractivity contribution >= 4 is 17.7 Å². The van der Waals surface area contributed by atoms with Crippen molar-refractivity contribution in [2.45, 2.75) is 19.5 Å². The SMILES string of the molecule is O=C(O)C1CCN(C(=O)Nc2cccc(OC(F)F)c2)CC1. The minimum Gasteiger partial charge on any atom is -0.481 e. The second-order valence-electron chi connectivity index (χ2n) is 4.94. The number of carboxylic acids is 1. The van der Waals surface area contributed by atoms with E-state index in [-0.39, 0.29) is 5.75 Å². The van der Waals surface area contributed by atoms with Crippen molar-refractivity contribution in [3.8, 4) is 5.75 Å². The smallest absolute Gasteiger partial charge is 0.387 e. The quantitative estimate of drug-likeness (QED) is 0.895. The van der Waals surface area contributed by atoms with Gasteiger partial charge in [-0.05, 0) is 25.0 Å². The zero-order valence-corrected chi connectivity index (χ0v) is 11.7. The van der Waals surface area contributed by atoms with Crippen molar-refractivity contribution in [1.82, 2.24) is 4.90 Å². The van der Waals surface area contributed by atoms with E-state index in [2.05, 4.69) is 10.1 Å². The van der Waals surface area contributed by atoms with Crippen molar-refractivity contribution in [3.63, 3.8) is 0 Å². The molecule has 22 heavy (non-hydrogen) atoms. The molecule has 1 aliphatic rings. The highest BCUT2D eigenvalue weighted by molar-refractivity contribution is 5.89.